The lowest BCUT2D eigenvalue weighted by Crippen LogP contribution is -2.25. The molecule has 0 saturated heterocycles. The first kappa shape index (κ1) is 30.5. The predicted octanol–water partition coefficient (Wildman–Crippen LogP) is 5.82. The molecule has 0 saturated carbocycles. The number of amides is 2. The SMILES string of the molecule is COCC1CC(c2ccc(OC)c(C(=O)Nc3cc4c(cc3C(=O)Nc3ccc(F)c(C(F)(F)F)c3)OC(F)(F)O4)c2)=NO1. The summed E-state index contributed by atoms with van der Waals surface area (Å²) in [6.45, 7) is 0.278. The van der Waals surface area contributed by atoms with Crippen molar-refractivity contribution in [1.82, 2.24) is 0 Å². The number of hydrogen-bond donors (Lipinski definition) is 2. The van der Waals surface area contributed by atoms with E-state index in [-0.39, 0.29) is 29.7 Å². The molecule has 10 nitrogen and oxygen atoms in total. The third-order valence-corrected chi connectivity index (χ3v) is 6.43. The summed E-state index contributed by atoms with van der Waals surface area (Å²) in [7, 11) is 2.80. The molecule has 1 unspecified atom stereocenters. The van der Waals surface area contributed by atoms with Crippen LogP contribution < -0.4 is 24.8 Å². The zero-order chi connectivity index (χ0) is 31.8. The number of nitrogens with one attached hydrogen (secondary N) is 2. The van der Waals surface area contributed by atoms with E-state index in [1.54, 1.807) is 6.07 Å². The van der Waals surface area contributed by atoms with Gasteiger partial charge in [-0.3, -0.25) is 9.59 Å². The minimum Gasteiger partial charge on any atom is -0.496 e. The van der Waals surface area contributed by atoms with E-state index in [0.29, 0.717) is 29.8 Å². The van der Waals surface area contributed by atoms with Crippen molar-refractivity contribution in [3.63, 3.8) is 0 Å². The molecule has 3 aromatic rings. The van der Waals surface area contributed by atoms with Gasteiger partial charge in [-0.2, -0.15) is 13.2 Å². The molecule has 0 radical (unpaired) electrons. The number of rotatable bonds is 8. The van der Waals surface area contributed by atoms with E-state index in [4.69, 9.17) is 14.3 Å². The maximum absolute atomic E-state index is 13.8. The van der Waals surface area contributed by atoms with Crippen molar-refractivity contribution in [3.8, 4) is 17.2 Å². The maximum atomic E-state index is 13.8. The molecule has 232 valence electrons. The molecule has 0 fully saturated rings. The molecule has 2 amide bonds. The lowest BCUT2D eigenvalue weighted by molar-refractivity contribution is -0.286. The number of nitrogens with zero attached hydrogens (tertiary/aromatic N) is 1. The van der Waals surface area contributed by atoms with Crippen LogP contribution >= 0.6 is 0 Å². The van der Waals surface area contributed by atoms with Gasteiger partial charge in [-0.05, 0) is 42.5 Å². The van der Waals surface area contributed by atoms with E-state index in [1.165, 1.54) is 26.4 Å². The third kappa shape index (κ3) is 6.34. The standard InChI is InChI=1S/C28H21F6N3O7/c1-40-12-15-9-20(37-44-15)13-3-6-22(41-2)17(7-13)26(39)36-21-11-24-23(42-28(33,34)43-24)10-16(21)25(38)35-14-4-5-19(29)18(8-14)27(30,31)32/h3-8,10-11,15H,9,12H2,1-2H3,(H,35,38)(H,36,39). The number of hydrogen-bond acceptors (Lipinski definition) is 8. The summed E-state index contributed by atoms with van der Waals surface area (Å²) in [5.74, 6) is -4.61. The summed E-state index contributed by atoms with van der Waals surface area (Å²) < 4.78 is 100. The van der Waals surface area contributed by atoms with E-state index >= 15 is 0 Å². The summed E-state index contributed by atoms with van der Waals surface area (Å²) in [6, 6.07) is 7.96. The summed E-state index contributed by atoms with van der Waals surface area (Å²) in [5, 5.41) is 8.59. The van der Waals surface area contributed by atoms with Crippen LogP contribution in [0, 0.1) is 5.82 Å². The number of carbonyl (C=O) groups excluding carboxylic acids is 2. The van der Waals surface area contributed by atoms with Gasteiger partial charge in [-0.15, -0.1) is 8.78 Å². The fraction of sp³-hybridized carbons (Fsp3) is 0.250. The van der Waals surface area contributed by atoms with E-state index in [9.17, 15) is 35.9 Å². The summed E-state index contributed by atoms with van der Waals surface area (Å²) in [6.07, 6.45) is -9.13. The minimum absolute atomic E-state index is 0.0504. The van der Waals surface area contributed by atoms with Crippen LogP contribution in [0.4, 0.5) is 37.7 Å². The van der Waals surface area contributed by atoms with Gasteiger partial charge in [-0.25, -0.2) is 4.39 Å². The Morgan fingerprint density at radius 3 is 2.36 bits per heavy atom. The molecule has 1 atom stereocenters. The Hall–Kier alpha value is -4.99. The number of fused-ring (bicyclic) bond motifs is 1. The molecule has 2 aliphatic heterocycles. The highest BCUT2D eigenvalue weighted by Crippen LogP contribution is 2.44. The first-order valence-corrected chi connectivity index (χ1v) is 12.6. The van der Waals surface area contributed by atoms with Gasteiger partial charge in [0.1, 0.15) is 11.6 Å². The Morgan fingerprint density at radius 1 is 0.977 bits per heavy atom. The molecule has 44 heavy (non-hydrogen) atoms. The topological polar surface area (TPSA) is 117 Å². The van der Waals surface area contributed by atoms with Crippen molar-refractivity contribution >= 4 is 28.9 Å². The van der Waals surface area contributed by atoms with E-state index in [1.807, 2.05) is 0 Å². The minimum atomic E-state index is -5.07. The third-order valence-electron chi connectivity index (χ3n) is 6.43. The lowest BCUT2D eigenvalue weighted by atomic mass is 10.0. The highest BCUT2D eigenvalue weighted by Gasteiger charge is 2.44. The number of carbonyl (C=O) groups is 2. The molecule has 3 aromatic carbocycles. The second kappa shape index (κ2) is 11.6. The van der Waals surface area contributed by atoms with Crippen LogP contribution in [-0.4, -0.2) is 50.8 Å². The first-order valence-electron chi connectivity index (χ1n) is 12.6. The van der Waals surface area contributed by atoms with Gasteiger partial charge >= 0.3 is 12.5 Å². The molecule has 16 heteroatoms. The first-order chi connectivity index (χ1) is 20.8. The summed E-state index contributed by atoms with van der Waals surface area (Å²) in [5.41, 5.74) is -2.04. The largest absolute Gasteiger partial charge is 0.586 e. The molecule has 0 aromatic heterocycles. The van der Waals surface area contributed by atoms with E-state index in [2.05, 4.69) is 25.3 Å². The lowest BCUT2D eigenvalue weighted by Gasteiger charge is -2.15. The number of methoxy groups -OCH3 is 2. The summed E-state index contributed by atoms with van der Waals surface area (Å²) in [4.78, 5) is 32.0. The Balaban J connectivity index is 1.47. The average molecular weight is 625 g/mol. The van der Waals surface area contributed by atoms with Crippen molar-refractivity contribution in [2.24, 2.45) is 5.16 Å². The van der Waals surface area contributed by atoms with Crippen LogP contribution in [0.5, 0.6) is 17.2 Å². The maximum Gasteiger partial charge on any atom is 0.586 e. The number of oxime groups is 1. The quantitative estimate of drug-likeness (QED) is 0.303. The van der Waals surface area contributed by atoms with Crippen molar-refractivity contribution in [3.05, 3.63) is 76.6 Å². The Morgan fingerprint density at radius 2 is 1.68 bits per heavy atom. The van der Waals surface area contributed by atoms with Crippen LogP contribution in [0.15, 0.2) is 53.7 Å². The zero-order valence-corrected chi connectivity index (χ0v) is 22.7. The van der Waals surface area contributed by atoms with E-state index in [0.717, 1.165) is 18.2 Å². The number of ether oxygens (including phenoxy) is 4. The number of halogens is 6. The predicted molar refractivity (Wildman–Crippen MR) is 141 cm³/mol. The fourth-order valence-electron chi connectivity index (χ4n) is 4.44. The molecule has 0 bridgehead atoms. The molecule has 5 rings (SSSR count). The van der Waals surface area contributed by atoms with Crippen molar-refractivity contribution in [2.45, 2.75) is 25.0 Å². The Bertz CT molecular complexity index is 1660. The number of anilines is 2. The molecule has 2 heterocycles. The van der Waals surface area contributed by atoms with Gasteiger partial charge < -0.3 is 34.4 Å². The molecular formula is C28H21F6N3O7. The van der Waals surface area contributed by atoms with Gasteiger partial charge in [0.15, 0.2) is 17.6 Å². The number of alkyl halides is 5. The average Bonchev–Trinajstić information content (AvgIpc) is 3.55. The van der Waals surface area contributed by atoms with Crippen LogP contribution in [0.1, 0.15) is 38.3 Å². The number of benzene rings is 3. The normalized spacial score (nSPS) is 16.6. The van der Waals surface area contributed by atoms with Gasteiger partial charge in [0.2, 0.25) is 0 Å². The second-order valence-electron chi connectivity index (χ2n) is 9.45. The monoisotopic (exact) mass is 625 g/mol. The van der Waals surface area contributed by atoms with Gasteiger partial charge in [0, 0.05) is 30.8 Å². The van der Waals surface area contributed by atoms with Crippen LogP contribution in [0.2, 0.25) is 0 Å². The Labute approximate surface area is 244 Å². The molecular weight excluding hydrogens is 604 g/mol. The highest BCUT2D eigenvalue weighted by molar-refractivity contribution is 6.14. The smallest absolute Gasteiger partial charge is 0.496 e. The second-order valence-corrected chi connectivity index (χ2v) is 9.45. The van der Waals surface area contributed by atoms with Gasteiger partial charge in [-0.1, -0.05) is 5.16 Å². The fourth-order valence-corrected chi connectivity index (χ4v) is 4.44. The molecule has 2 aliphatic rings. The molecule has 2 N–H and O–H groups in total. The molecule has 0 spiro atoms. The highest BCUT2D eigenvalue weighted by atomic mass is 19.4. The van der Waals surface area contributed by atoms with E-state index < -0.39 is 58.4 Å². The van der Waals surface area contributed by atoms with Crippen molar-refractivity contribution < 1.29 is 59.7 Å². The van der Waals surface area contributed by atoms with Gasteiger partial charge in [0.05, 0.1) is 41.8 Å². The van der Waals surface area contributed by atoms with Crippen LogP contribution in [0.25, 0.3) is 0 Å². The van der Waals surface area contributed by atoms with Crippen molar-refractivity contribution in [2.75, 3.05) is 31.5 Å². The Kier molecular flexibility index (Phi) is 8.03. The van der Waals surface area contributed by atoms with Crippen LogP contribution in [-0.2, 0) is 15.8 Å². The van der Waals surface area contributed by atoms with Gasteiger partial charge in [0.25, 0.3) is 11.8 Å². The summed E-state index contributed by atoms with van der Waals surface area (Å²) >= 11 is 0. The van der Waals surface area contributed by atoms with Crippen LogP contribution in [0.3, 0.4) is 0 Å². The molecule has 0 aliphatic carbocycles. The van der Waals surface area contributed by atoms with Crippen molar-refractivity contribution in [1.29, 1.82) is 0 Å². The zero-order valence-electron chi connectivity index (χ0n) is 22.7.